The van der Waals surface area contributed by atoms with Crippen LogP contribution in [0.2, 0.25) is 10.0 Å². The molecular formula is C19H14Cl2S. The molecule has 0 spiro atoms. The number of fused-ring (bicyclic) bond motifs is 1. The maximum absolute atomic E-state index is 6.27. The third-order valence-electron chi connectivity index (χ3n) is 3.50. The average molecular weight is 345 g/mol. The fourth-order valence-electron chi connectivity index (χ4n) is 2.29. The molecule has 0 aromatic heterocycles. The van der Waals surface area contributed by atoms with Gasteiger partial charge in [-0.1, -0.05) is 66.2 Å². The summed E-state index contributed by atoms with van der Waals surface area (Å²) in [5, 5.41) is 3.58. The average Bonchev–Trinajstić information content (AvgIpc) is 2.55. The second kappa shape index (κ2) is 6.78. The molecule has 22 heavy (non-hydrogen) atoms. The normalized spacial score (nSPS) is 10.8. The second-order valence-corrected chi connectivity index (χ2v) is 6.83. The highest BCUT2D eigenvalue weighted by Crippen LogP contribution is 2.35. The molecule has 0 saturated heterocycles. The summed E-state index contributed by atoms with van der Waals surface area (Å²) in [7, 11) is 0. The Labute approximate surface area is 144 Å². The molecule has 0 fully saturated rings. The van der Waals surface area contributed by atoms with E-state index < -0.39 is 0 Å². The fraction of sp³-hybridized carbons (Fsp3) is 0.0526. The van der Waals surface area contributed by atoms with Gasteiger partial charge in [0.05, 0.1) is 0 Å². The molecule has 3 aromatic rings. The predicted molar refractivity (Wildman–Crippen MR) is 100 cm³/mol. The third kappa shape index (κ3) is 3.33. The molecule has 0 aliphatic carbocycles. The largest absolute Gasteiger partial charge is 0.121 e. The summed E-state index contributed by atoms with van der Waals surface area (Å²) in [5.41, 5.74) is 2.42. The summed E-state index contributed by atoms with van der Waals surface area (Å²) < 4.78 is 0. The van der Waals surface area contributed by atoms with Gasteiger partial charge in [0.1, 0.15) is 0 Å². The lowest BCUT2D eigenvalue weighted by Gasteiger charge is -2.09. The lowest BCUT2D eigenvalue weighted by molar-refractivity contribution is 1.39. The third-order valence-corrected chi connectivity index (χ3v) is 5.20. The van der Waals surface area contributed by atoms with Gasteiger partial charge in [0.25, 0.3) is 0 Å². The van der Waals surface area contributed by atoms with E-state index in [9.17, 15) is 0 Å². The lowest BCUT2D eigenvalue weighted by atomic mass is 10.1. The molecule has 0 unspecified atom stereocenters. The van der Waals surface area contributed by atoms with Crippen LogP contribution in [0.5, 0.6) is 0 Å². The molecule has 3 rings (SSSR count). The van der Waals surface area contributed by atoms with E-state index in [1.54, 1.807) is 11.8 Å². The molecule has 0 atom stereocenters. The Morgan fingerprint density at radius 1 is 0.909 bits per heavy atom. The van der Waals surface area contributed by atoms with Crippen LogP contribution in [0.15, 0.2) is 66.1 Å². The molecule has 0 heterocycles. The first-order valence-electron chi connectivity index (χ1n) is 6.89. The van der Waals surface area contributed by atoms with Gasteiger partial charge in [-0.05, 0) is 40.8 Å². The van der Waals surface area contributed by atoms with Crippen LogP contribution < -0.4 is 0 Å². The summed E-state index contributed by atoms with van der Waals surface area (Å²) in [6.07, 6.45) is 1.85. The first kappa shape index (κ1) is 15.5. The van der Waals surface area contributed by atoms with E-state index >= 15 is 0 Å². The van der Waals surface area contributed by atoms with Gasteiger partial charge < -0.3 is 0 Å². The Kier molecular flexibility index (Phi) is 4.77. The van der Waals surface area contributed by atoms with E-state index in [2.05, 4.69) is 36.9 Å². The van der Waals surface area contributed by atoms with Crippen molar-refractivity contribution in [2.75, 3.05) is 0 Å². The molecule has 0 aliphatic heterocycles. The molecule has 0 saturated carbocycles. The summed E-state index contributed by atoms with van der Waals surface area (Å²) in [4.78, 5) is 1.21. The minimum absolute atomic E-state index is 0.705. The highest BCUT2D eigenvalue weighted by Gasteiger charge is 2.06. The molecule has 0 radical (unpaired) electrons. The molecule has 3 heteroatoms. The molecule has 0 bridgehead atoms. The number of thioether (sulfide) groups is 1. The summed E-state index contributed by atoms with van der Waals surface area (Å²) in [6.45, 7) is 3.78. The molecule has 0 aliphatic rings. The van der Waals surface area contributed by atoms with Crippen LogP contribution in [-0.4, -0.2) is 0 Å². The van der Waals surface area contributed by atoms with Gasteiger partial charge >= 0.3 is 0 Å². The fourth-order valence-corrected chi connectivity index (χ4v) is 3.70. The number of benzene rings is 3. The zero-order valence-electron chi connectivity index (χ0n) is 11.9. The van der Waals surface area contributed by atoms with Crippen LogP contribution in [0, 0.1) is 0 Å². The number of rotatable bonds is 4. The van der Waals surface area contributed by atoms with Crippen molar-refractivity contribution in [3.63, 3.8) is 0 Å². The Morgan fingerprint density at radius 2 is 1.68 bits per heavy atom. The topological polar surface area (TPSA) is 0 Å². The van der Waals surface area contributed by atoms with Crippen LogP contribution in [0.25, 0.3) is 16.8 Å². The van der Waals surface area contributed by atoms with Crippen molar-refractivity contribution in [1.82, 2.24) is 0 Å². The highest BCUT2D eigenvalue weighted by atomic mass is 35.5. The first-order valence-corrected chi connectivity index (χ1v) is 8.63. The van der Waals surface area contributed by atoms with Crippen LogP contribution in [0.4, 0.5) is 0 Å². The van der Waals surface area contributed by atoms with E-state index in [0.29, 0.717) is 5.02 Å². The summed E-state index contributed by atoms with van der Waals surface area (Å²) in [5.74, 6) is 0.913. The van der Waals surface area contributed by atoms with Crippen LogP contribution >= 0.6 is 35.0 Å². The van der Waals surface area contributed by atoms with E-state index in [-0.39, 0.29) is 0 Å². The molecule has 0 N–H and O–H groups in total. The SMILES string of the molecule is C=Cc1ccc(CSc2ccc(Cl)c3cc(Cl)ccc23)cc1. The van der Waals surface area contributed by atoms with E-state index in [4.69, 9.17) is 23.2 Å². The van der Waals surface area contributed by atoms with Crippen molar-refractivity contribution < 1.29 is 0 Å². The minimum atomic E-state index is 0.705. The minimum Gasteiger partial charge on any atom is -0.121 e. The number of hydrogen-bond donors (Lipinski definition) is 0. The van der Waals surface area contributed by atoms with E-state index in [0.717, 1.165) is 27.1 Å². The molecule has 0 nitrogen and oxygen atoms in total. The Bertz CT molecular complexity index is 823. The van der Waals surface area contributed by atoms with Gasteiger partial charge in [-0.2, -0.15) is 0 Å². The monoisotopic (exact) mass is 344 g/mol. The Morgan fingerprint density at radius 3 is 2.41 bits per heavy atom. The van der Waals surface area contributed by atoms with Crippen molar-refractivity contribution >= 4 is 51.8 Å². The van der Waals surface area contributed by atoms with Crippen LogP contribution in [0.1, 0.15) is 11.1 Å². The maximum Gasteiger partial charge on any atom is 0.0485 e. The number of hydrogen-bond acceptors (Lipinski definition) is 1. The van der Waals surface area contributed by atoms with Gasteiger partial charge in [-0.3, -0.25) is 0 Å². The molecule has 110 valence electrons. The van der Waals surface area contributed by atoms with Gasteiger partial charge in [-0.25, -0.2) is 0 Å². The zero-order valence-corrected chi connectivity index (χ0v) is 14.2. The summed E-state index contributed by atoms with van der Waals surface area (Å²) in [6, 6.07) is 18.3. The van der Waals surface area contributed by atoms with Crippen molar-refractivity contribution in [3.8, 4) is 0 Å². The van der Waals surface area contributed by atoms with Crippen molar-refractivity contribution in [2.45, 2.75) is 10.6 Å². The Hall–Kier alpha value is -1.41. The standard InChI is InChI=1S/C19H14Cl2S/c1-2-13-3-5-14(6-4-13)12-22-19-10-9-18(21)17-11-15(20)7-8-16(17)19/h2-11H,1,12H2. The number of halogens is 2. The smallest absolute Gasteiger partial charge is 0.0485 e. The quantitative estimate of drug-likeness (QED) is 0.455. The predicted octanol–water partition coefficient (Wildman–Crippen LogP) is 7.08. The zero-order chi connectivity index (χ0) is 15.5. The first-order chi connectivity index (χ1) is 10.7. The van der Waals surface area contributed by atoms with Crippen molar-refractivity contribution in [1.29, 1.82) is 0 Å². The van der Waals surface area contributed by atoms with Crippen molar-refractivity contribution in [3.05, 3.63) is 82.3 Å². The van der Waals surface area contributed by atoms with Gasteiger partial charge in [0, 0.05) is 26.1 Å². The van der Waals surface area contributed by atoms with Crippen LogP contribution in [0.3, 0.4) is 0 Å². The summed E-state index contributed by atoms with van der Waals surface area (Å²) >= 11 is 14.1. The molecular weight excluding hydrogens is 331 g/mol. The van der Waals surface area contributed by atoms with Crippen LogP contribution in [-0.2, 0) is 5.75 Å². The van der Waals surface area contributed by atoms with E-state index in [1.165, 1.54) is 10.5 Å². The van der Waals surface area contributed by atoms with E-state index in [1.807, 2.05) is 30.3 Å². The maximum atomic E-state index is 6.27. The Balaban J connectivity index is 1.87. The molecule has 0 amide bonds. The van der Waals surface area contributed by atoms with Crippen molar-refractivity contribution in [2.24, 2.45) is 0 Å². The van der Waals surface area contributed by atoms with Gasteiger partial charge in [0.15, 0.2) is 0 Å². The highest BCUT2D eigenvalue weighted by molar-refractivity contribution is 7.98. The van der Waals surface area contributed by atoms with Gasteiger partial charge in [-0.15, -0.1) is 11.8 Å². The second-order valence-electron chi connectivity index (χ2n) is 4.97. The molecule has 3 aromatic carbocycles. The van der Waals surface area contributed by atoms with Gasteiger partial charge in [0.2, 0.25) is 0 Å². The lowest BCUT2D eigenvalue weighted by Crippen LogP contribution is -1.84.